The number of nitrogens with zero attached hydrogens (tertiary/aromatic N) is 5. The molecule has 3 aromatic heterocycles. The molecule has 214 valence electrons. The standard InChI is InChI=1S/C31H31N7O4/c32-29-28-24(16-25(37(28)34-18-33-29)20-8-12-23(39)13-9-20)19-6-10-21(11-7-19)35-30(40)27-26-17-42-15-14-36(26)38(31(27)41)22-4-2-1-3-5-22/h1-7,10-11,16,18,20,23,39H,8-9,12-15,17H2,(H,35,40)(H2,32,33,34). The van der Waals surface area contributed by atoms with Gasteiger partial charge in [0.25, 0.3) is 11.5 Å². The Kier molecular flexibility index (Phi) is 6.60. The molecular formula is C31H31N7O4. The van der Waals surface area contributed by atoms with Crippen LogP contribution < -0.4 is 16.6 Å². The Labute approximate surface area is 241 Å². The fraction of sp³-hybridized carbons (Fsp3) is 0.290. The van der Waals surface area contributed by atoms with Crippen LogP contribution in [-0.2, 0) is 17.9 Å². The molecular weight excluding hydrogens is 534 g/mol. The van der Waals surface area contributed by atoms with Crippen LogP contribution in [0.3, 0.4) is 0 Å². The molecule has 1 fully saturated rings. The van der Waals surface area contributed by atoms with E-state index in [2.05, 4.69) is 21.5 Å². The number of aliphatic hydroxyl groups excluding tert-OH is 1. The van der Waals surface area contributed by atoms with Gasteiger partial charge in [0.15, 0.2) is 5.82 Å². The lowest BCUT2D eigenvalue weighted by molar-refractivity contribution is 0.0756. The average Bonchev–Trinajstić information content (AvgIpc) is 3.54. The van der Waals surface area contributed by atoms with E-state index in [9.17, 15) is 14.7 Å². The van der Waals surface area contributed by atoms with E-state index in [4.69, 9.17) is 10.5 Å². The first-order valence-corrected chi connectivity index (χ1v) is 14.2. The SMILES string of the molecule is Nc1ncnn2c(C3CCC(O)CC3)cc(-c3ccc(NC(=O)c4c5n(n(-c6ccccc6)c4=O)CCOC5)cc3)c12. The Morgan fingerprint density at radius 2 is 1.81 bits per heavy atom. The largest absolute Gasteiger partial charge is 0.393 e. The molecule has 11 nitrogen and oxygen atoms in total. The van der Waals surface area contributed by atoms with Gasteiger partial charge in [-0.25, -0.2) is 14.2 Å². The van der Waals surface area contributed by atoms with Gasteiger partial charge < -0.3 is 20.9 Å². The highest BCUT2D eigenvalue weighted by molar-refractivity contribution is 6.05. The molecule has 0 unspecified atom stereocenters. The molecule has 0 radical (unpaired) electrons. The number of carbonyl (C=O) groups excluding carboxylic acids is 1. The molecule has 1 aliphatic heterocycles. The van der Waals surface area contributed by atoms with Crippen molar-refractivity contribution in [3.05, 3.63) is 94.3 Å². The van der Waals surface area contributed by atoms with Crippen LogP contribution in [0.1, 0.15) is 53.3 Å². The Bertz CT molecular complexity index is 1830. The van der Waals surface area contributed by atoms with E-state index in [0.717, 1.165) is 48.0 Å². The highest BCUT2D eigenvalue weighted by Gasteiger charge is 2.29. The summed E-state index contributed by atoms with van der Waals surface area (Å²) in [6.45, 7) is 1.12. The second-order valence-corrected chi connectivity index (χ2v) is 10.9. The van der Waals surface area contributed by atoms with E-state index < -0.39 is 5.91 Å². The van der Waals surface area contributed by atoms with Gasteiger partial charge in [-0.05, 0) is 61.6 Å². The number of nitrogens with two attached hydrogens (primary N) is 1. The first-order chi connectivity index (χ1) is 20.5. The lowest BCUT2D eigenvalue weighted by Gasteiger charge is -2.24. The van der Waals surface area contributed by atoms with Crippen molar-refractivity contribution in [3.8, 4) is 16.8 Å². The van der Waals surface area contributed by atoms with Crippen molar-refractivity contribution in [2.24, 2.45) is 0 Å². The topological polar surface area (TPSA) is 142 Å². The van der Waals surface area contributed by atoms with Crippen molar-refractivity contribution < 1.29 is 14.6 Å². The van der Waals surface area contributed by atoms with Gasteiger partial charge in [-0.3, -0.25) is 14.3 Å². The second kappa shape index (κ2) is 10.6. The summed E-state index contributed by atoms with van der Waals surface area (Å²) in [4.78, 5) is 31.2. The number of hydrogen-bond donors (Lipinski definition) is 3. The molecule has 2 aromatic carbocycles. The Balaban J connectivity index is 1.19. The number of fused-ring (bicyclic) bond motifs is 2. The molecule has 42 heavy (non-hydrogen) atoms. The van der Waals surface area contributed by atoms with Crippen LogP contribution in [0.25, 0.3) is 22.3 Å². The molecule has 11 heteroatoms. The summed E-state index contributed by atoms with van der Waals surface area (Å²) in [7, 11) is 0. The van der Waals surface area contributed by atoms with Gasteiger partial charge in [-0.2, -0.15) is 5.10 Å². The fourth-order valence-corrected chi connectivity index (χ4v) is 6.25. The lowest BCUT2D eigenvalue weighted by atomic mass is 9.85. The Hall–Kier alpha value is -4.74. The van der Waals surface area contributed by atoms with Crippen molar-refractivity contribution >= 4 is 22.9 Å². The van der Waals surface area contributed by atoms with Crippen LogP contribution in [0.2, 0.25) is 0 Å². The minimum Gasteiger partial charge on any atom is -0.393 e. The molecule has 4 heterocycles. The molecule has 0 bridgehead atoms. The first-order valence-electron chi connectivity index (χ1n) is 14.2. The van der Waals surface area contributed by atoms with Crippen molar-refractivity contribution in [1.82, 2.24) is 24.0 Å². The summed E-state index contributed by atoms with van der Waals surface area (Å²) in [5.41, 5.74) is 11.4. The average molecular weight is 566 g/mol. The van der Waals surface area contributed by atoms with Crippen LogP contribution in [0.15, 0.2) is 71.8 Å². The van der Waals surface area contributed by atoms with E-state index in [1.54, 1.807) is 4.68 Å². The van der Waals surface area contributed by atoms with E-state index in [1.165, 1.54) is 6.33 Å². The number of benzene rings is 2. The highest BCUT2D eigenvalue weighted by atomic mass is 16.5. The van der Waals surface area contributed by atoms with Gasteiger partial charge in [-0.1, -0.05) is 30.3 Å². The maximum atomic E-state index is 13.5. The number of amides is 1. The number of anilines is 2. The number of aromatic nitrogens is 5. The van der Waals surface area contributed by atoms with E-state index in [-0.39, 0.29) is 29.8 Å². The molecule has 7 rings (SSSR count). The van der Waals surface area contributed by atoms with E-state index in [0.29, 0.717) is 36.0 Å². The predicted octanol–water partition coefficient (Wildman–Crippen LogP) is 3.73. The maximum Gasteiger partial charge on any atom is 0.284 e. The van der Waals surface area contributed by atoms with Gasteiger partial charge in [0.2, 0.25) is 0 Å². The zero-order chi connectivity index (χ0) is 28.8. The first kappa shape index (κ1) is 26.2. The van der Waals surface area contributed by atoms with Crippen molar-refractivity contribution in [3.63, 3.8) is 0 Å². The molecule has 5 aromatic rings. The maximum absolute atomic E-state index is 13.5. The molecule has 4 N–H and O–H groups in total. The van der Waals surface area contributed by atoms with Crippen molar-refractivity contribution in [2.45, 2.75) is 50.9 Å². The third-order valence-corrected chi connectivity index (χ3v) is 8.34. The highest BCUT2D eigenvalue weighted by Crippen LogP contribution is 2.38. The fourth-order valence-electron chi connectivity index (χ4n) is 6.25. The minimum atomic E-state index is -0.481. The van der Waals surface area contributed by atoms with E-state index >= 15 is 0 Å². The van der Waals surface area contributed by atoms with Gasteiger partial charge in [0.1, 0.15) is 17.4 Å². The predicted molar refractivity (Wildman–Crippen MR) is 158 cm³/mol. The van der Waals surface area contributed by atoms with E-state index in [1.807, 2.05) is 63.8 Å². The number of rotatable bonds is 5. The lowest BCUT2D eigenvalue weighted by Crippen LogP contribution is -2.26. The zero-order valence-electron chi connectivity index (χ0n) is 22.9. The normalized spacial score (nSPS) is 18.6. The summed E-state index contributed by atoms with van der Waals surface area (Å²) in [5, 5.41) is 17.4. The quantitative estimate of drug-likeness (QED) is 0.295. The number of nitrogens with one attached hydrogen (secondary N) is 1. The zero-order valence-corrected chi connectivity index (χ0v) is 22.9. The molecule has 2 aliphatic rings. The summed E-state index contributed by atoms with van der Waals surface area (Å²) in [6, 6.07) is 18.8. The van der Waals surface area contributed by atoms with Gasteiger partial charge in [0.05, 0.1) is 37.2 Å². The monoisotopic (exact) mass is 565 g/mol. The van der Waals surface area contributed by atoms with Gasteiger partial charge in [0, 0.05) is 22.9 Å². The number of ether oxygens (including phenoxy) is 1. The van der Waals surface area contributed by atoms with Crippen LogP contribution in [0, 0.1) is 0 Å². The van der Waals surface area contributed by atoms with Gasteiger partial charge in [-0.15, -0.1) is 0 Å². The minimum absolute atomic E-state index is 0.0771. The number of aliphatic hydroxyl groups is 1. The number of para-hydroxylation sites is 1. The molecule has 1 aliphatic carbocycles. The molecule has 1 saturated carbocycles. The Morgan fingerprint density at radius 1 is 1.05 bits per heavy atom. The summed E-state index contributed by atoms with van der Waals surface area (Å²) >= 11 is 0. The second-order valence-electron chi connectivity index (χ2n) is 10.9. The van der Waals surface area contributed by atoms with Crippen LogP contribution in [0.5, 0.6) is 0 Å². The smallest absolute Gasteiger partial charge is 0.284 e. The van der Waals surface area contributed by atoms with Crippen LogP contribution >= 0.6 is 0 Å². The number of nitrogen functional groups attached to an aromatic ring is 1. The number of hydrogen-bond acceptors (Lipinski definition) is 7. The van der Waals surface area contributed by atoms with Gasteiger partial charge >= 0.3 is 0 Å². The molecule has 0 atom stereocenters. The third-order valence-electron chi connectivity index (χ3n) is 8.34. The van der Waals surface area contributed by atoms with Crippen LogP contribution in [0.4, 0.5) is 11.5 Å². The molecule has 0 spiro atoms. The third kappa shape index (κ3) is 4.47. The van der Waals surface area contributed by atoms with Crippen molar-refractivity contribution in [1.29, 1.82) is 0 Å². The van der Waals surface area contributed by atoms with Crippen LogP contribution in [-0.4, -0.2) is 47.7 Å². The summed E-state index contributed by atoms with van der Waals surface area (Å²) < 4.78 is 10.9. The number of carbonyl (C=O) groups is 1. The Morgan fingerprint density at radius 3 is 2.57 bits per heavy atom. The summed E-state index contributed by atoms with van der Waals surface area (Å²) in [6.07, 6.45) is 4.49. The summed E-state index contributed by atoms with van der Waals surface area (Å²) in [5.74, 6) is 0.167. The molecule has 1 amide bonds. The molecule has 0 saturated heterocycles. The van der Waals surface area contributed by atoms with Crippen molar-refractivity contribution in [2.75, 3.05) is 17.7 Å².